The number of anilines is 2. The van der Waals surface area contributed by atoms with E-state index in [1.165, 1.54) is 19.2 Å². The van der Waals surface area contributed by atoms with Crippen molar-refractivity contribution in [3.05, 3.63) is 53.5 Å². The zero-order valence-electron chi connectivity index (χ0n) is 20.6. The maximum Gasteiger partial charge on any atom is 0.302 e. The van der Waals surface area contributed by atoms with Crippen molar-refractivity contribution in [3.63, 3.8) is 0 Å². The van der Waals surface area contributed by atoms with Gasteiger partial charge in [-0.05, 0) is 50.6 Å². The van der Waals surface area contributed by atoms with Gasteiger partial charge >= 0.3 is 6.01 Å². The number of carbonyl (C=O) groups is 2. The van der Waals surface area contributed by atoms with Crippen LogP contribution in [0.2, 0.25) is 5.02 Å². The predicted molar refractivity (Wildman–Crippen MR) is 144 cm³/mol. The van der Waals surface area contributed by atoms with E-state index >= 15 is 0 Å². The van der Waals surface area contributed by atoms with E-state index in [0.717, 1.165) is 26.1 Å². The molecule has 4 aromatic rings. The molecule has 1 atom stereocenters. The molecule has 38 heavy (non-hydrogen) atoms. The summed E-state index contributed by atoms with van der Waals surface area (Å²) in [5.74, 6) is -0.269. The number of halogens is 1. The van der Waals surface area contributed by atoms with E-state index in [1.54, 1.807) is 30.5 Å². The van der Waals surface area contributed by atoms with E-state index in [-0.39, 0.29) is 23.8 Å². The number of likely N-dealkylation sites (tertiary alicyclic amines) is 2. The molecule has 2 aliphatic heterocycles. The fourth-order valence-electron chi connectivity index (χ4n) is 5.22. The lowest BCUT2D eigenvalue weighted by molar-refractivity contribution is -0.125. The molecule has 5 heterocycles. The molecule has 0 bridgehead atoms. The van der Waals surface area contributed by atoms with Gasteiger partial charge in [-0.15, -0.1) is 0 Å². The maximum atomic E-state index is 13.3. The molecule has 196 valence electrons. The third-order valence-electron chi connectivity index (χ3n) is 7.14. The van der Waals surface area contributed by atoms with Crippen molar-refractivity contribution in [3.8, 4) is 0 Å². The Morgan fingerprint density at radius 1 is 1.21 bits per heavy atom. The zero-order valence-corrected chi connectivity index (χ0v) is 21.4. The molecule has 0 spiro atoms. The summed E-state index contributed by atoms with van der Waals surface area (Å²) in [5.41, 5.74) is 8.05. The van der Waals surface area contributed by atoms with Crippen LogP contribution < -0.4 is 11.1 Å². The van der Waals surface area contributed by atoms with Crippen LogP contribution in [0.1, 0.15) is 35.7 Å². The van der Waals surface area contributed by atoms with Crippen LogP contribution in [0.5, 0.6) is 0 Å². The van der Waals surface area contributed by atoms with Crippen molar-refractivity contribution in [1.82, 2.24) is 29.3 Å². The minimum absolute atomic E-state index is 0.00803. The Hall–Kier alpha value is -3.96. The summed E-state index contributed by atoms with van der Waals surface area (Å²) in [6.07, 6.45) is 9.87. The average molecular weight is 535 g/mol. The molecule has 2 aliphatic rings. The van der Waals surface area contributed by atoms with Gasteiger partial charge in [-0.1, -0.05) is 17.7 Å². The second-order valence-corrected chi connectivity index (χ2v) is 10.1. The molecule has 6 rings (SSSR count). The number of benzene rings is 1. The first-order chi connectivity index (χ1) is 18.5. The fraction of sp³-hybridized carbons (Fsp3) is 0.346. The van der Waals surface area contributed by atoms with Gasteiger partial charge in [0, 0.05) is 36.9 Å². The first-order valence-corrected chi connectivity index (χ1v) is 13.0. The number of nitrogens with one attached hydrogen (secondary N) is 1. The molecule has 2 amide bonds. The third kappa shape index (κ3) is 4.70. The molecule has 12 heteroatoms. The number of rotatable bonds is 6. The topological polar surface area (TPSA) is 135 Å². The van der Waals surface area contributed by atoms with E-state index in [4.69, 9.17) is 21.8 Å². The molecule has 1 aromatic carbocycles. The molecule has 0 saturated carbocycles. The summed E-state index contributed by atoms with van der Waals surface area (Å²) in [5, 5.41) is 3.66. The van der Waals surface area contributed by atoms with E-state index in [2.05, 4.69) is 25.2 Å². The molecular weight excluding hydrogens is 508 g/mol. The number of hydrogen-bond donors (Lipinski definition) is 2. The minimum atomic E-state index is -0.455. The molecule has 3 N–H and O–H groups in total. The van der Waals surface area contributed by atoms with Crippen LogP contribution in [0.15, 0.2) is 47.3 Å². The highest BCUT2D eigenvalue weighted by Gasteiger charge is 2.30. The van der Waals surface area contributed by atoms with Gasteiger partial charge < -0.3 is 19.6 Å². The molecule has 2 fully saturated rings. The van der Waals surface area contributed by atoms with E-state index in [1.807, 2.05) is 15.5 Å². The molecular formula is C26H27ClN8O3. The van der Waals surface area contributed by atoms with Gasteiger partial charge in [0.05, 0.1) is 17.0 Å². The maximum absolute atomic E-state index is 13.3. The minimum Gasteiger partial charge on any atom is -0.423 e. The van der Waals surface area contributed by atoms with Crippen LogP contribution in [-0.2, 0) is 4.79 Å². The fourth-order valence-corrected chi connectivity index (χ4v) is 5.39. The van der Waals surface area contributed by atoms with E-state index < -0.39 is 5.91 Å². The Morgan fingerprint density at radius 2 is 2.05 bits per heavy atom. The van der Waals surface area contributed by atoms with E-state index in [9.17, 15) is 9.59 Å². The molecule has 3 aromatic heterocycles. The predicted octanol–water partition coefficient (Wildman–Crippen LogP) is 3.49. The number of aromatic nitrogens is 4. The SMILES string of the molecule is Nc1ncnc2c1c(C(=O)Nc1nc3cc(Cl)ccc3o1)cn2C1CCN(C(=O)C=CCN2CCCC2)C1. The molecule has 0 aliphatic carbocycles. The highest BCUT2D eigenvalue weighted by molar-refractivity contribution is 6.31. The molecule has 2 saturated heterocycles. The molecule has 11 nitrogen and oxygen atoms in total. The largest absolute Gasteiger partial charge is 0.423 e. The lowest BCUT2D eigenvalue weighted by atomic mass is 10.2. The highest BCUT2D eigenvalue weighted by Crippen LogP contribution is 2.32. The molecule has 0 radical (unpaired) electrons. The summed E-state index contributed by atoms with van der Waals surface area (Å²) < 4.78 is 7.56. The van der Waals surface area contributed by atoms with Crippen molar-refractivity contribution in [2.24, 2.45) is 0 Å². The van der Waals surface area contributed by atoms with Crippen molar-refractivity contribution >= 4 is 57.4 Å². The number of carbonyl (C=O) groups excluding carboxylic acids is 2. The van der Waals surface area contributed by atoms with Gasteiger partial charge in [0.25, 0.3) is 5.91 Å². The van der Waals surface area contributed by atoms with Gasteiger partial charge in [0.2, 0.25) is 5.91 Å². The first kappa shape index (κ1) is 24.4. The zero-order chi connectivity index (χ0) is 26.2. The van der Waals surface area contributed by atoms with Gasteiger partial charge in [-0.2, -0.15) is 4.98 Å². The average Bonchev–Trinajstić information content (AvgIpc) is 3.69. The van der Waals surface area contributed by atoms with Crippen LogP contribution in [-0.4, -0.2) is 73.9 Å². The summed E-state index contributed by atoms with van der Waals surface area (Å²) >= 11 is 6.03. The van der Waals surface area contributed by atoms with Crippen molar-refractivity contribution < 1.29 is 14.0 Å². The number of amides is 2. The number of hydrogen-bond acceptors (Lipinski definition) is 8. The number of nitrogen functional groups attached to an aromatic ring is 1. The number of fused-ring (bicyclic) bond motifs is 2. The van der Waals surface area contributed by atoms with Crippen molar-refractivity contribution in [2.45, 2.75) is 25.3 Å². The quantitative estimate of drug-likeness (QED) is 0.359. The smallest absolute Gasteiger partial charge is 0.302 e. The Bertz CT molecular complexity index is 1550. The van der Waals surface area contributed by atoms with Crippen LogP contribution in [0.25, 0.3) is 22.1 Å². The van der Waals surface area contributed by atoms with Crippen LogP contribution in [0, 0.1) is 0 Å². The number of nitrogens with zero attached hydrogens (tertiary/aromatic N) is 6. The second-order valence-electron chi connectivity index (χ2n) is 9.63. The number of oxazole rings is 1. The van der Waals surface area contributed by atoms with E-state index in [0.29, 0.717) is 45.8 Å². The Labute approximate surface area is 223 Å². The molecule has 1 unspecified atom stereocenters. The summed E-state index contributed by atoms with van der Waals surface area (Å²) in [4.78, 5) is 43.1. The van der Waals surface area contributed by atoms with Gasteiger partial charge in [-0.3, -0.25) is 19.8 Å². The van der Waals surface area contributed by atoms with Crippen molar-refractivity contribution in [2.75, 3.05) is 43.8 Å². The summed E-state index contributed by atoms with van der Waals surface area (Å²) in [7, 11) is 0. The highest BCUT2D eigenvalue weighted by atomic mass is 35.5. The van der Waals surface area contributed by atoms with Crippen molar-refractivity contribution in [1.29, 1.82) is 0 Å². The lowest BCUT2D eigenvalue weighted by Gasteiger charge is -2.16. The van der Waals surface area contributed by atoms with Crippen LogP contribution >= 0.6 is 11.6 Å². The first-order valence-electron chi connectivity index (χ1n) is 12.6. The number of nitrogens with two attached hydrogens (primary N) is 1. The van der Waals surface area contributed by atoms with Gasteiger partial charge in [0.1, 0.15) is 23.3 Å². The second kappa shape index (κ2) is 10.1. The Balaban J connectivity index is 1.21. The van der Waals surface area contributed by atoms with Crippen LogP contribution in [0.4, 0.5) is 11.8 Å². The third-order valence-corrected chi connectivity index (χ3v) is 7.38. The standard InChI is InChI=1S/C26H27ClN8O3/c27-16-5-6-20-19(12-16)31-26(38-20)32-25(37)18-14-35(24-22(18)23(28)29-15-30-24)17-7-11-34(13-17)21(36)4-3-10-33-8-1-2-9-33/h3-6,12,14-15,17H,1-2,7-11,13H2,(H2,28,29,30)(H,31,32,37). The Morgan fingerprint density at radius 3 is 2.89 bits per heavy atom. The lowest BCUT2D eigenvalue weighted by Crippen LogP contribution is -2.28. The monoisotopic (exact) mass is 534 g/mol. The Kier molecular flexibility index (Phi) is 6.46. The summed E-state index contributed by atoms with van der Waals surface area (Å²) in [6.45, 7) is 4.10. The summed E-state index contributed by atoms with van der Waals surface area (Å²) in [6, 6.07) is 5.01. The van der Waals surface area contributed by atoms with Gasteiger partial charge in [-0.25, -0.2) is 9.97 Å². The van der Waals surface area contributed by atoms with Crippen LogP contribution in [0.3, 0.4) is 0 Å². The van der Waals surface area contributed by atoms with Gasteiger partial charge in [0.15, 0.2) is 5.58 Å². The normalized spacial score (nSPS) is 18.3.